The lowest BCUT2D eigenvalue weighted by Gasteiger charge is -2.28. The van der Waals surface area contributed by atoms with Crippen LogP contribution in [0, 0.1) is 0 Å². The second-order valence-electron chi connectivity index (χ2n) is 5.94. The smallest absolute Gasteiger partial charge is 0.270 e. The molecule has 3 rings (SSSR count). The highest BCUT2D eigenvalue weighted by Gasteiger charge is 2.13. The molecule has 0 unspecified atom stereocenters. The molecular formula is C19H23N3O2. The third-order valence-corrected chi connectivity index (χ3v) is 4.33. The first kappa shape index (κ1) is 16.3. The zero-order valence-electron chi connectivity index (χ0n) is 14.0. The Balaban J connectivity index is 1.60. The number of ether oxygens (including phenoxy) is 1. The Bertz CT molecular complexity index is 679. The van der Waals surface area contributed by atoms with Gasteiger partial charge < -0.3 is 15.0 Å². The summed E-state index contributed by atoms with van der Waals surface area (Å²) in [7, 11) is 1.63. The quantitative estimate of drug-likeness (QED) is 0.918. The van der Waals surface area contributed by atoms with Crippen molar-refractivity contribution in [3.63, 3.8) is 0 Å². The van der Waals surface area contributed by atoms with E-state index < -0.39 is 0 Å². The summed E-state index contributed by atoms with van der Waals surface area (Å²) >= 11 is 0. The number of aromatic nitrogens is 1. The molecule has 1 amide bonds. The van der Waals surface area contributed by atoms with E-state index in [1.54, 1.807) is 19.4 Å². The molecule has 1 aliphatic heterocycles. The Morgan fingerprint density at radius 2 is 1.96 bits per heavy atom. The fourth-order valence-electron chi connectivity index (χ4n) is 2.97. The average molecular weight is 325 g/mol. The first-order valence-corrected chi connectivity index (χ1v) is 8.39. The van der Waals surface area contributed by atoms with Gasteiger partial charge in [-0.2, -0.15) is 0 Å². The zero-order chi connectivity index (χ0) is 16.8. The minimum atomic E-state index is -0.175. The first-order valence-electron chi connectivity index (χ1n) is 8.39. The van der Waals surface area contributed by atoms with Crippen LogP contribution in [0.1, 0.15) is 35.3 Å². The molecule has 5 heteroatoms. The van der Waals surface area contributed by atoms with Crippen molar-refractivity contribution < 1.29 is 9.53 Å². The molecule has 1 N–H and O–H groups in total. The number of carbonyl (C=O) groups excluding carboxylic acids is 1. The van der Waals surface area contributed by atoms with Gasteiger partial charge in [-0.1, -0.05) is 18.2 Å². The number of anilines is 1. The molecule has 1 aromatic carbocycles. The van der Waals surface area contributed by atoms with E-state index in [-0.39, 0.29) is 5.91 Å². The summed E-state index contributed by atoms with van der Waals surface area (Å²) in [4.78, 5) is 18.9. The minimum absolute atomic E-state index is 0.175. The SMILES string of the molecule is COc1ccccc1CNC(=O)c1ccc(N2CCCCC2)cn1. The number of piperidine rings is 1. The maximum Gasteiger partial charge on any atom is 0.270 e. The molecular weight excluding hydrogens is 302 g/mol. The predicted molar refractivity (Wildman–Crippen MR) is 94.5 cm³/mol. The Morgan fingerprint density at radius 3 is 2.67 bits per heavy atom. The summed E-state index contributed by atoms with van der Waals surface area (Å²) in [5, 5.41) is 2.89. The monoisotopic (exact) mass is 325 g/mol. The van der Waals surface area contributed by atoms with Crippen LogP contribution < -0.4 is 15.0 Å². The molecule has 0 saturated carbocycles. The fraction of sp³-hybridized carbons (Fsp3) is 0.368. The van der Waals surface area contributed by atoms with Gasteiger partial charge in [0.15, 0.2) is 0 Å². The molecule has 0 radical (unpaired) electrons. The van der Waals surface area contributed by atoms with E-state index in [1.165, 1.54) is 19.3 Å². The summed E-state index contributed by atoms with van der Waals surface area (Å²) in [5.74, 6) is 0.595. The van der Waals surface area contributed by atoms with E-state index >= 15 is 0 Å². The molecule has 0 atom stereocenters. The number of methoxy groups -OCH3 is 1. The van der Waals surface area contributed by atoms with Crippen LogP contribution in [0.25, 0.3) is 0 Å². The van der Waals surface area contributed by atoms with Crippen LogP contribution in [0.15, 0.2) is 42.6 Å². The summed E-state index contributed by atoms with van der Waals surface area (Å²) in [5.41, 5.74) is 2.47. The second-order valence-corrected chi connectivity index (χ2v) is 5.94. The summed E-state index contributed by atoms with van der Waals surface area (Å²) in [6.45, 7) is 2.56. The Morgan fingerprint density at radius 1 is 1.17 bits per heavy atom. The van der Waals surface area contributed by atoms with Crippen molar-refractivity contribution in [2.45, 2.75) is 25.8 Å². The molecule has 0 bridgehead atoms. The minimum Gasteiger partial charge on any atom is -0.496 e. The van der Waals surface area contributed by atoms with Crippen LogP contribution in [-0.2, 0) is 6.54 Å². The molecule has 1 saturated heterocycles. The number of carbonyl (C=O) groups is 1. The molecule has 1 aromatic heterocycles. The van der Waals surface area contributed by atoms with Gasteiger partial charge in [0, 0.05) is 25.2 Å². The molecule has 2 aromatic rings. The van der Waals surface area contributed by atoms with Crippen molar-refractivity contribution in [3.8, 4) is 5.75 Å². The van der Waals surface area contributed by atoms with Gasteiger partial charge >= 0.3 is 0 Å². The molecule has 1 fully saturated rings. The van der Waals surface area contributed by atoms with Crippen LogP contribution in [0.2, 0.25) is 0 Å². The second kappa shape index (κ2) is 7.81. The molecule has 24 heavy (non-hydrogen) atoms. The third-order valence-electron chi connectivity index (χ3n) is 4.33. The van der Waals surface area contributed by atoms with E-state index in [1.807, 2.05) is 30.3 Å². The highest BCUT2D eigenvalue weighted by molar-refractivity contribution is 5.92. The standard InChI is InChI=1S/C19H23N3O2/c1-24-18-8-4-3-7-15(18)13-21-19(23)17-10-9-16(14-20-17)22-11-5-2-6-12-22/h3-4,7-10,14H,2,5-6,11-13H2,1H3,(H,21,23). The van der Waals surface area contributed by atoms with Crippen LogP contribution in [0.4, 0.5) is 5.69 Å². The van der Waals surface area contributed by atoms with Crippen molar-refractivity contribution in [3.05, 3.63) is 53.9 Å². The van der Waals surface area contributed by atoms with Crippen LogP contribution in [-0.4, -0.2) is 31.1 Å². The lowest BCUT2D eigenvalue weighted by molar-refractivity contribution is 0.0945. The van der Waals surface area contributed by atoms with Gasteiger partial charge in [-0.3, -0.25) is 4.79 Å². The lowest BCUT2D eigenvalue weighted by atomic mass is 10.1. The zero-order valence-corrected chi connectivity index (χ0v) is 14.0. The molecule has 2 heterocycles. The van der Waals surface area contributed by atoms with Crippen LogP contribution >= 0.6 is 0 Å². The van der Waals surface area contributed by atoms with Crippen molar-refractivity contribution in [1.82, 2.24) is 10.3 Å². The van der Waals surface area contributed by atoms with Crippen LogP contribution in [0.3, 0.4) is 0 Å². The van der Waals surface area contributed by atoms with Crippen molar-refractivity contribution in [2.75, 3.05) is 25.1 Å². The highest BCUT2D eigenvalue weighted by Crippen LogP contribution is 2.19. The highest BCUT2D eigenvalue weighted by atomic mass is 16.5. The number of hydrogen-bond donors (Lipinski definition) is 1. The van der Waals surface area contributed by atoms with E-state index in [0.717, 1.165) is 30.1 Å². The van der Waals surface area contributed by atoms with Crippen molar-refractivity contribution in [2.24, 2.45) is 0 Å². The maximum absolute atomic E-state index is 12.3. The predicted octanol–water partition coefficient (Wildman–Crippen LogP) is 3.01. The molecule has 5 nitrogen and oxygen atoms in total. The Hall–Kier alpha value is -2.56. The topological polar surface area (TPSA) is 54.5 Å². The van der Waals surface area contributed by atoms with Crippen molar-refractivity contribution >= 4 is 11.6 Å². The number of amides is 1. The van der Waals surface area contributed by atoms with E-state index in [9.17, 15) is 4.79 Å². The first-order chi connectivity index (χ1) is 11.8. The third kappa shape index (κ3) is 3.85. The normalized spacial score (nSPS) is 14.3. The van der Waals surface area contributed by atoms with Gasteiger partial charge in [0.25, 0.3) is 5.91 Å². The van der Waals surface area contributed by atoms with E-state index in [0.29, 0.717) is 12.2 Å². The molecule has 0 aliphatic carbocycles. The van der Waals surface area contributed by atoms with Crippen LogP contribution in [0.5, 0.6) is 5.75 Å². The van der Waals surface area contributed by atoms with Gasteiger partial charge in [0.05, 0.1) is 19.0 Å². The van der Waals surface area contributed by atoms with Gasteiger partial charge in [-0.05, 0) is 37.5 Å². The fourth-order valence-corrected chi connectivity index (χ4v) is 2.97. The lowest BCUT2D eigenvalue weighted by Crippen LogP contribution is -2.29. The number of rotatable bonds is 5. The number of benzene rings is 1. The number of para-hydroxylation sites is 1. The Kier molecular flexibility index (Phi) is 5.31. The summed E-state index contributed by atoms with van der Waals surface area (Å²) in [6, 6.07) is 11.4. The molecule has 0 spiro atoms. The van der Waals surface area contributed by atoms with E-state index in [4.69, 9.17) is 4.74 Å². The van der Waals surface area contributed by atoms with Crippen molar-refractivity contribution in [1.29, 1.82) is 0 Å². The summed E-state index contributed by atoms with van der Waals surface area (Å²) < 4.78 is 5.29. The van der Waals surface area contributed by atoms with Gasteiger partial charge in [-0.25, -0.2) is 4.98 Å². The number of hydrogen-bond acceptors (Lipinski definition) is 4. The van der Waals surface area contributed by atoms with Gasteiger partial charge in [0.2, 0.25) is 0 Å². The largest absolute Gasteiger partial charge is 0.496 e. The average Bonchev–Trinajstić information content (AvgIpc) is 2.67. The summed E-state index contributed by atoms with van der Waals surface area (Å²) in [6.07, 6.45) is 5.54. The maximum atomic E-state index is 12.3. The Labute approximate surface area is 142 Å². The molecule has 1 aliphatic rings. The number of nitrogens with zero attached hydrogens (tertiary/aromatic N) is 2. The van der Waals surface area contributed by atoms with Gasteiger partial charge in [-0.15, -0.1) is 0 Å². The number of pyridine rings is 1. The molecule has 126 valence electrons. The van der Waals surface area contributed by atoms with Gasteiger partial charge in [0.1, 0.15) is 11.4 Å². The van der Waals surface area contributed by atoms with E-state index in [2.05, 4.69) is 15.2 Å². The number of nitrogens with one attached hydrogen (secondary N) is 1.